The van der Waals surface area contributed by atoms with Gasteiger partial charge in [0.2, 0.25) is 0 Å². The molecule has 2 N–H and O–H groups in total. The van der Waals surface area contributed by atoms with Crippen molar-refractivity contribution in [3.05, 3.63) is 38.8 Å². The van der Waals surface area contributed by atoms with Gasteiger partial charge in [0, 0.05) is 11.9 Å². The molecular formula is C10H12ClN3S. The minimum absolute atomic E-state index is 0.191. The highest BCUT2D eigenvalue weighted by molar-refractivity contribution is 7.10. The number of aryl methyl sites for hydroxylation is 2. The first kappa shape index (κ1) is 10.7. The molecule has 0 saturated heterocycles. The molecule has 0 amide bonds. The van der Waals surface area contributed by atoms with Crippen molar-refractivity contribution in [3.63, 3.8) is 0 Å². The lowest BCUT2D eigenvalue weighted by Gasteiger charge is -2.10. The molecule has 0 saturated carbocycles. The van der Waals surface area contributed by atoms with Gasteiger partial charge in [0.1, 0.15) is 0 Å². The van der Waals surface area contributed by atoms with Crippen LogP contribution in [0.2, 0.25) is 5.02 Å². The van der Waals surface area contributed by atoms with Crippen molar-refractivity contribution in [1.82, 2.24) is 9.78 Å². The Labute approximate surface area is 97.5 Å². The van der Waals surface area contributed by atoms with Crippen molar-refractivity contribution in [2.45, 2.75) is 13.0 Å². The summed E-state index contributed by atoms with van der Waals surface area (Å²) in [5.41, 5.74) is 8.09. The number of aromatic nitrogens is 2. The normalized spacial score (nSPS) is 13.1. The topological polar surface area (TPSA) is 43.8 Å². The van der Waals surface area contributed by atoms with Gasteiger partial charge in [-0.05, 0) is 24.4 Å². The average Bonchev–Trinajstić information content (AvgIpc) is 2.71. The summed E-state index contributed by atoms with van der Waals surface area (Å²) in [5, 5.41) is 6.94. The van der Waals surface area contributed by atoms with E-state index < -0.39 is 0 Å². The zero-order chi connectivity index (χ0) is 11.0. The van der Waals surface area contributed by atoms with Crippen LogP contribution in [0.3, 0.4) is 0 Å². The predicted octanol–water partition coefficient (Wildman–Crippen LogP) is 2.49. The van der Waals surface area contributed by atoms with Crippen LogP contribution in [0.25, 0.3) is 0 Å². The van der Waals surface area contributed by atoms with E-state index in [0.29, 0.717) is 0 Å². The number of rotatable bonds is 2. The summed E-state index contributed by atoms with van der Waals surface area (Å²) >= 11 is 7.62. The average molecular weight is 242 g/mol. The molecule has 0 bridgehead atoms. The monoisotopic (exact) mass is 241 g/mol. The molecule has 80 valence electrons. The quantitative estimate of drug-likeness (QED) is 0.878. The molecule has 0 fully saturated rings. The Morgan fingerprint density at radius 3 is 2.80 bits per heavy atom. The Kier molecular flexibility index (Phi) is 2.82. The maximum absolute atomic E-state index is 6.14. The van der Waals surface area contributed by atoms with Crippen molar-refractivity contribution >= 4 is 22.9 Å². The smallest absolute Gasteiger partial charge is 0.0831 e. The molecule has 15 heavy (non-hydrogen) atoms. The SMILES string of the molecule is Cc1cc(C(N)c2sccc2Cl)n(C)n1. The van der Waals surface area contributed by atoms with Crippen molar-refractivity contribution < 1.29 is 0 Å². The van der Waals surface area contributed by atoms with Crippen LogP contribution < -0.4 is 5.73 Å². The fraction of sp³-hybridized carbons (Fsp3) is 0.300. The highest BCUT2D eigenvalue weighted by atomic mass is 35.5. The van der Waals surface area contributed by atoms with Crippen LogP contribution in [-0.4, -0.2) is 9.78 Å². The van der Waals surface area contributed by atoms with E-state index in [1.54, 1.807) is 16.0 Å². The van der Waals surface area contributed by atoms with Crippen molar-refractivity contribution in [3.8, 4) is 0 Å². The van der Waals surface area contributed by atoms with E-state index in [1.165, 1.54) is 0 Å². The van der Waals surface area contributed by atoms with E-state index in [9.17, 15) is 0 Å². The number of halogens is 1. The third-order valence-corrected chi connectivity index (χ3v) is 3.73. The Balaban J connectivity index is 2.40. The molecule has 0 aromatic carbocycles. The zero-order valence-electron chi connectivity index (χ0n) is 8.57. The van der Waals surface area contributed by atoms with Crippen LogP contribution in [0.4, 0.5) is 0 Å². The second kappa shape index (κ2) is 3.96. The molecule has 3 nitrogen and oxygen atoms in total. The van der Waals surface area contributed by atoms with E-state index in [1.807, 2.05) is 31.5 Å². The summed E-state index contributed by atoms with van der Waals surface area (Å²) in [4.78, 5) is 0.986. The first-order valence-electron chi connectivity index (χ1n) is 4.58. The van der Waals surface area contributed by atoms with Gasteiger partial charge >= 0.3 is 0 Å². The van der Waals surface area contributed by atoms with E-state index >= 15 is 0 Å². The van der Waals surface area contributed by atoms with Crippen molar-refractivity contribution in [2.24, 2.45) is 12.8 Å². The molecule has 5 heteroatoms. The summed E-state index contributed by atoms with van der Waals surface area (Å²) in [6.07, 6.45) is 0. The van der Waals surface area contributed by atoms with Crippen molar-refractivity contribution in [2.75, 3.05) is 0 Å². The van der Waals surface area contributed by atoms with E-state index in [0.717, 1.165) is 21.3 Å². The Morgan fingerprint density at radius 1 is 1.60 bits per heavy atom. The summed E-state index contributed by atoms with van der Waals surface area (Å²) in [6.45, 7) is 1.95. The number of hydrogen-bond acceptors (Lipinski definition) is 3. The van der Waals surface area contributed by atoms with Crippen LogP contribution >= 0.6 is 22.9 Å². The van der Waals surface area contributed by atoms with E-state index in [2.05, 4.69) is 5.10 Å². The number of thiophene rings is 1. The standard InChI is InChI=1S/C10H12ClN3S/c1-6-5-8(14(2)13-6)9(12)10-7(11)3-4-15-10/h3-5,9H,12H2,1-2H3. The van der Waals surface area contributed by atoms with Gasteiger partial charge in [0.15, 0.2) is 0 Å². The molecule has 0 aliphatic carbocycles. The number of nitrogens with two attached hydrogens (primary N) is 1. The molecule has 2 aromatic rings. The maximum Gasteiger partial charge on any atom is 0.0831 e. The van der Waals surface area contributed by atoms with Crippen LogP contribution in [0, 0.1) is 6.92 Å². The van der Waals surface area contributed by atoms with Gasteiger partial charge < -0.3 is 5.73 Å². The highest BCUT2D eigenvalue weighted by Gasteiger charge is 2.17. The lowest BCUT2D eigenvalue weighted by molar-refractivity contribution is 0.674. The van der Waals surface area contributed by atoms with Crippen LogP contribution in [0.1, 0.15) is 22.3 Å². The second-order valence-corrected chi connectivity index (χ2v) is 4.80. The predicted molar refractivity (Wildman–Crippen MR) is 63.3 cm³/mol. The number of hydrogen-bond donors (Lipinski definition) is 1. The molecule has 2 heterocycles. The third kappa shape index (κ3) is 1.93. The minimum Gasteiger partial charge on any atom is -0.318 e. The summed E-state index contributed by atoms with van der Waals surface area (Å²) in [5.74, 6) is 0. The maximum atomic E-state index is 6.14. The van der Waals surface area contributed by atoms with Crippen LogP contribution in [0.15, 0.2) is 17.5 Å². The molecule has 0 radical (unpaired) electrons. The molecule has 0 spiro atoms. The lowest BCUT2D eigenvalue weighted by Crippen LogP contribution is -2.14. The highest BCUT2D eigenvalue weighted by Crippen LogP contribution is 2.31. The first-order valence-corrected chi connectivity index (χ1v) is 5.84. The van der Waals surface area contributed by atoms with Crippen LogP contribution in [-0.2, 0) is 7.05 Å². The molecule has 2 rings (SSSR count). The third-order valence-electron chi connectivity index (χ3n) is 2.28. The minimum atomic E-state index is -0.191. The molecule has 1 unspecified atom stereocenters. The van der Waals surface area contributed by atoms with Gasteiger partial charge in [0.25, 0.3) is 0 Å². The first-order chi connectivity index (χ1) is 7.09. The zero-order valence-corrected chi connectivity index (χ0v) is 10.1. The van der Waals surface area contributed by atoms with Gasteiger partial charge in [-0.2, -0.15) is 5.10 Å². The molecule has 2 aromatic heterocycles. The second-order valence-electron chi connectivity index (χ2n) is 3.44. The van der Waals surface area contributed by atoms with Gasteiger partial charge in [-0.15, -0.1) is 11.3 Å². The molecule has 0 aliphatic rings. The van der Waals surface area contributed by atoms with Gasteiger partial charge in [-0.1, -0.05) is 11.6 Å². The fourth-order valence-electron chi connectivity index (χ4n) is 1.58. The lowest BCUT2D eigenvalue weighted by atomic mass is 10.2. The molecule has 1 atom stereocenters. The van der Waals surface area contributed by atoms with E-state index in [4.69, 9.17) is 17.3 Å². The van der Waals surface area contributed by atoms with Gasteiger partial charge in [-0.25, -0.2) is 0 Å². The van der Waals surface area contributed by atoms with Crippen LogP contribution in [0.5, 0.6) is 0 Å². The van der Waals surface area contributed by atoms with E-state index in [-0.39, 0.29) is 6.04 Å². The Hall–Kier alpha value is -0.840. The van der Waals surface area contributed by atoms with Crippen molar-refractivity contribution in [1.29, 1.82) is 0 Å². The van der Waals surface area contributed by atoms with Gasteiger partial charge in [-0.3, -0.25) is 4.68 Å². The fourth-order valence-corrected chi connectivity index (χ4v) is 2.77. The molecular weight excluding hydrogens is 230 g/mol. The summed E-state index contributed by atoms with van der Waals surface area (Å²) < 4.78 is 1.80. The molecule has 0 aliphatic heterocycles. The van der Waals surface area contributed by atoms with Gasteiger partial charge in [0.05, 0.1) is 22.5 Å². The summed E-state index contributed by atoms with van der Waals surface area (Å²) in [7, 11) is 1.89. The summed E-state index contributed by atoms with van der Waals surface area (Å²) in [6, 6.07) is 3.66. The Morgan fingerprint density at radius 2 is 2.33 bits per heavy atom. The largest absolute Gasteiger partial charge is 0.318 e. The Bertz CT molecular complexity index is 475. The number of nitrogens with zero attached hydrogens (tertiary/aromatic N) is 2.